The van der Waals surface area contributed by atoms with E-state index in [1.165, 1.54) is 0 Å². The summed E-state index contributed by atoms with van der Waals surface area (Å²) >= 11 is 6.09. The molecular formula is C16H22ClN3O2. The van der Waals surface area contributed by atoms with Crippen molar-refractivity contribution in [2.45, 2.75) is 38.1 Å². The van der Waals surface area contributed by atoms with Gasteiger partial charge in [-0.25, -0.2) is 0 Å². The van der Waals surface area contributed by atoms with Gasteiger partial charge in [-0.3, -0.25) is 9.59 Å². The van der Waals surface area contributed by atoms with E-state index in [4.69, 9.17) is 17.3 Å². The fraction of sp³-hybridized carbons (Fsp3) is 0.500. The summed E-state index contributed by atoms with van der Waals surface area (Å²) in [5, 5.41) is 5.68. The Balaban J connectivity index is 2.12. The molecule has 0 saturated heterocycles. The third-order valence-electron chi connectivity index (χ3n) is 4.28. The highest BCUT2D eigenvalue weighted by Gasteiger charge is 2.37. The van der Waals surface area contributed by atoms with Crippen LogP contribution in [0.3, 0.4) is 0 Å². The maximum absolute atomic E-state index is 12.5. The summed E-state index contributed by atoms with van der Waals surface area (Å²) in [5.74, 6) is -0.559. The number of carbonyl (C=O) groups is 2. The third-order valence-corrected chi connectivity index (χ3v) is 4.59. The summed E-state index contributed by atoms with van der Waals surface area (Å²) in [7, 11) is 1.54. The minimum Gasteiger partial charge on any atom is -0.355 e. The molecule has 120 valence electrons. The van der Waals surface area contributed by atoms with Crippen molar-refractivity contribution in [2.75, 3.05) is 12.4 Å². The van der Waals surface area contributed by atoms with E-state index in [2.05, 4.69) is 10.6 Å². The summed E-state index contributed by atoms with van der Waals surface area (Å²) in [5.41, 5.74) is 6.72. The van der Waals surface area contributed by atoms with Crippen LogP contribution in [0.25, 0.3) is 0 Å². The van der Waals surface area contributed by atoms with E-state index in [9.17, 15) is 9.59 Å². The molecule has 1 fully saturated rings. The second-order valence-electron chi connectivity index (χ2n) is 6.07. The minimum absolute atomic E-state index is 0.0894. The number of hydrogen-bond donors (Lipinski definition) is 3. The van der Waals surface area contributed by atoms with Crippen LogP contribution in [0, 0.1) is 5.92 Å². The molecule has 1 aromatic carbocycles. The van der Waals surface area contributed by atoms with Gasteiger partial charge in [-0.1, -0.05) is 24.4 Å². The third kappa shape index (κ3) is 3.59. The van der Waals surface area contributed by atoms with Crippen LogP contribution in [0.15, 0.2) is 18.2 Å². The van der Waals surface area contributed by atoms with Gasteiger partial charge in [-0.05, 0) is 38.0 Å². The van der Waals surface area contributed by atoms with Gasteiger partial charge >= 0.3 is 0 Å². The van der Waals surface area contributed by atoms with Crippen molar-refractivity contribution in [2.24, 2.45) is 11.7 Å². The lowest BCUT2D eigenvalue weighted by atomic mass is 9.74. The quantitative estimate of drug-likeness (QED) is 0.799. The molecule has 1 saturated carbocycles. The van der Waals surface area contributed by atoms with Crippen LogP contribution in [0.1, 0.15) is 43.0 Å². The molecule has 1 aromatic rings. The zero-order valence-electron chi connectivity index (χ0n) is 12.9. The van der Waals surface area contributed by atoms with E-state index in [1.54, 1.807) is 25.2 Å². The van der Waals surface area contributed by atoms with E-state index in [-0.39, 0.29) is 17.7 Å². The first kappa shape index (κ1) is 16.8. The fourth-order valence-electron chi connectivity index (χ4n) is 2.93. The summed E-state index contributed by atoms with van der Waals surface area (Å²) < 4.78 is 0. The van der Waals surface area contributed by atoms with Gasteiger partial charge in [0, 0.05) is 18.3 Å². The van der Waals surface area contributed by atoms with Crippen molar-refractivity contribution in [3.63, 3.8) is 0 Å². The summed E-state index contributed by atoms with van der Waals surface area (Å²) in [6, 6.07) is 4.85. The normalized spacial score (nSPS) is 24.6. The smallest absolute Gasteiger partial charge is 0.252 e. The van der Waals surface area contributed by atoms with Gasteiger partial charge in [0.25, 0.3) is 5.91 Å². The molecule has 2 unspecified atom stereocenters. The van der Waals surface area contributed by atoms with Crippen molar-refractivity contribution >= 4 is 29.1 Å². The molecule has 0 heterocycles. The Hall–Kier alpha value is -1.59. The van der Waals surface area contributed by atoms with Crippen molar-refractivity contribution in [1.29, 1.82) is 0 Å². The lowest BCUT2D eigenvalue weighted by Crippen LogP contribution is -2.51. The monoisotopic (exact) mass is 323 g/mol. The van der Waals surface area contributed by atoms with Gasteiger partial charge in [0.05, 0.1) is 16.5 Å². The van der Waals surface area contributed by atoms with E-state index in [0.717, 1.165) is 25.7 Å². The molecule has 2 amide bonds. The van der Waals surface area contributed by atoms with Gasteiger partial charge < -0.3 is 16.4 Å². The predicted molar refractivity (Wildman–Crippen MR) is 88.0 cm³/mol. The molecule has 1 aliphatic rings. The van der Waals surface area contributed by atoms with Crippen molar-refractivity contribution in [1.82, 2.24) is 5.32 Å². The Labute approximate surface area is 135 Å². The molecule has 22 heavy (non-hydrogen) atoms. The first-order valence-electron chi connectivity index (χ1n) is 7.46. The molecular weight excluding hydrogens is 302 g/mol. The highest BCUT2D eigenvalue weighted by atomic mass is 35.5. The lowest BCUT2D eigenvalue weighted by Gasteiger charge is -2.37. The average molecular weight is 324 g/mol. The average Bonchev–Trinajstić information content (AvgIpc) is 2.46. The van der Waals surface area contributed by atoms with Crippen molar-refractivity contribution in [3.8, 4) is 0 Å². The van der Waals surface area contributed by atoms with E-state index in [0.29, 0.717) is 16.3 Å². The second-order valence-corrected chi connectivity index (χ2v) is 6.47. The van der Waals surface area contributed by atoms with Gasteiger partial charge in [0.1, 0.15) is 0 Å². The summed E-state index contributed by atoms with van der Waals surface area (Å²) in [4.78, 5) is 24.1. The Morgan fingerprint density at radius 3 is 2.68 bits per heavy atom. The fourth-order valence-corrected chi connectivity index (χ4v) is 3.20. The number of amides is 2. The highest BCUT2D eigenvalue weighted by Crippen LogP contribution is 2.32. The molecule has 0 spiro atoms. The van der Waals surface area contributed by atoms with Crippen LogP contribution >= 0.6 is 11.6 Å². The standard InChI is InChI=1S/C16H22ClN3O2/c1-16(18)8-4-3-5-12(16)15(22)20-10-6-7-11(13(17)9-10)14(21)19-2/h6-7,9,12H,3-5,8,18H2,1-2H3,(H,19,21)(H,20,22). The van der Waals surface area contributed by atoms with Crippen molar-refractivity contribution in [3.05, 3.63) is 28.8 Å². The number of nitrogens with one attached hydrogen (secondary N) is 2. The maximum Gasteiger partial charge on any atom is 0.252 e. The van der Waals surface area contributed by atoms with Gasteiger partial charge in [-0.2, -0.15) is 0 Å². The van der Waals surface area contributed by atoms with Crippen LogP contribution in [-0.4, -0.2) is 24.4 Å². The molecule has 2 rings (SSSR count). The maximum atomic E-state index is 12.5. The SMILES string of the molecule is CNC(=O)c1ccc(NC(=O)C2CCCCC2(C)N)cc1Cl. The number of hydrogen-bond acceptors (Lipinski definition) is 3. The summed E-state index contributed by atoms with van der Waals surface area (Å²) in [6.45, 7) is 1.93. The molecule has 4 N–H and O–H groups in total. The second kappa shape index (κ2) is 6.67. The molecule has 5 nitrogen and oxygen atoms in total. The summed E-state index contributed by atoms with van der Waals surface area (Å²) in [6.07, 6.45) is 3.72. The van der Waals surface area contributed by atoms with Crippen LogP contribution in [0.5, 0.6) is 0 Å². The van der Waals surface area contributed by atoms with Crippen LogP contribution in [0.4, 0.5) is 5.69 Å². The molecule has 1 aliphatic carbocycles. The van der Waals surface area contributed by atoms with Gasteiger partial charge in [0.2, 0.25) is 5.91 Å². The zero-order chi connectivity index (χ0) is 16.3. The van der Waals surface area contributed by atoms with Crippen LogP contribution in [0.2, 0.25) is 5.02 Å². The Bertz CT molecular complexity index is 587. The van der Waals surface area contributed by atoms with Crippen LogP contribution in [-0.2, 0) is 4.79 Å². The Morgan fingerprint density at radius 2 is 2.09 bits per heavy atom. The van der Waals surface area contributed by atoms with Crippen molar-refractivity contribution < 1.29 is 9.59 Å². The Morgan fingerprint density at radius 1 is 1.36 bits per heavy atom. The molecule has 6 heteroatoms. The number of anilines is 1. The molecule has 0 radical (unpaired) electrons. The van der Waals surface area contributed by atoms with Crippen LogP contribution < -0.4 is 16.4 Å². The lowest BCUT2D eigenvalue weighted by molar-refractivity contribution is -0.122. The van der Waals surface area contributed by atoms with E-state index < -0.39 is 5.54 Å². The molecule has 0 aliphatic heterocycles. The van der Waals surface area contributed by atoms with Gasteiger partial charge in [0.15, 0.2) is 0 Å². The molecule has 2 atom stereocenters. The largest absolute Gasteiger partial charge is 0.355 e. The number of nitrogens with two attached hydrogens (primary N) is 1. The van der Waals surface area contributed by atoms with E-state index in [1.807, 2.05) is 6.92 Å². The zero-order valence-corrected chi connectivity index (χ0v) is 13.7. The highest BCUT2D eigenvalue weighted by molar-refractivity contribution is 6.34. The number of benzene rings is 1. The first-order valence-corrected chi connectivity index (χ1v) is 7.84. The number of halogens is 1. The molecule has 0 bridgehead atoms. The predicted octanol–water partition coefficient (Wildman–Crippen LogP) is 2.55. The van der Waals surface area contributed by atoms with E-state index >= 15 is 0 Å². The van der Waals surface area contributed by atoms with Gasteiger partial charge in [-0.15, -0.1) is 0 Å². The topological polar surface area (TPSA) is 84.2 Å². The first-order chi connectivity index (χ1) is 10.3. The number of rotatable bonds is 3. The Kier molecular flexibility index (Phi) is 5.08. The molecule has 0 aromatic heterocycles. The number of carbonyl (C=O) groups excluding carboxylic acids is 2. The minimum atomic E-state index is -0.478.